The predicted molar refractivity (Wildman–Crippen MR) is 65.0 cm³/mol. The van der Waals surface area contributed by atoms with Gasteiger partial charge in [0.25, 0.3) is 0 Å². The summed E-state index contributed by atoms with van der Waals surface area (Å²) >= 11 is 3.42. The van der Waals surface area contributed by atoms with E-state index >= 15 is 0 Å². The lowest BCUT2D eigenvalue weighted by Crippen LogP contribution is -2.11. The smallest absolute Gasteiger partial charge is 0.248 e. The van der Waals surface area contributed by atoms with Crippen molar-refractivity contribution < 1.29 is 0 Å². The molecule has 1 aromatic heterocycles. The molecule has 0 aliphatic rings. The van der Waals surface area contributed by atoms with Crippen LogP contribution < -0.4 is 10.9 Å². The summed E-state index contributed by atoms with van der Waals surface area (Å²) in [7, 11) is 1.87. The Hall–Kier alpha value is -1.13. The summed E-state index contributed by atoms with van der Waals surface area (Å²) < 4.78 is 1.01. The number of hydrogen-bond acceptors (Lipinski definition) is 2. The lowest BCUT2D eigenvalue weighted by atomic mass is 10.1. The van der Waals surface area contributed by atoms with Crippen molar-refractivity contribution >= 4 is 26.8 Å². The molecule has 2 N–H and O–H groups in total. The van der Waals surface area contributed by atoms with Gasteiger partial charge in [0, 0.05) is 28.0 Å². The third kappa shape index (κ3) is 2.11. The van der Waals surface area contributed by atoms with E-state index in [1.54, 1.807) is 6.07 Å². The number of benzene rings is 1. The van der Waals surface area contributed by atoms with Crippen molar-refractivity contribution in [1.29, 1.82) is 0 Å². The molecular formula is C11H11BrN2O. The normalized spacial score (nSPS) is 10.8. The first-order valence-corrected chi connectivity index (χ1v) is 5.46. The highest BCUT2D eigenvalue weighted by atomic mass is 79.9. The van der Waals surface area contributed by atoms with Gasteiger partial charge in [-0.05, 0) is 30.8 Å². The molecular weight excluding hydrogens is 256 g/mol. The molecule has 0 spiro atoms. The van der Waals surface area contributed by atoms with Gasteiger partial charge in [0.2, 0.25) is 5.56 Å². The molecule has 15 heavy (non-hydrogen) atoms. The van der Waals surface area contributed by atoms with Gasteiger partial charge in [-0.1, -0.05) is 15.9 Å². The highest BCUT2D eigenvalue weighted by molar-refractivity contribution is 9.10. The van der Waals surface area contributed by atoms with Crippen molar-refractivity contribution in [1.82, 2.24) is 10.3 Å². The fourth-order valence-electron chi connectivity index (χ4n) is 1.63. The first kappa shape index (κ1) is 10.4. The molecule has 0 bridgehead atoms. The lowest BCUT2D eigenvalue weighted by molar-refractivity contribution is 0.821. The van der Waals surface area contributed by atoms with Crippen molar-refractivity contribution in [3.63, 3.8) is 0 Å². The topological polar surface area (TPSA) is 44.9 Å². The largest absolute Gasteiger partial charge is 0.322 e. The van der Waals surface area contributed by atoms with Crippen LogP contribution in [0.1, 0.15) is 5.56 Å². The summed E-state index contributed by atoms with van der Waals surface area (Å²) in [5.74, 6) is 0. The zero-order chi connectivity index (χ0) is 10.8. The van der Waals surface area contributed by atoms with Crippen LogP contribution in [0.2, 0.25) is 0 Å². The molecule has 1 heterocycles. The van der Waals surface area contributed by atoms with Crippen LogP contribution in [0.3, 0.4) is 0 Å². The van der Waals surface area contributed by atoms with Crippen LogP contribution in [0, 0.1) is 0 Å². The Bertz CT molecular complexity index is 548. The number of hydrogen-bond donors (Lipinski definition) is 2. The first-order chi connectivity index (χ1) is 7.20. The van der Waals surface area contributed by atoms with Gasteiger partial charge >= 0.3 is 0 Å². The predicted octanol–water partition coefficient (Wildman–Crippen LogP) is 2.01. The molecule has 4 heteroatoms. The fraction of sp³-hybridized carbons (Fsp3) is 0.182. The summed E-state index contributed by atoms with van der Waals surface area (Å²) in [4.78, 5) is 14.2. The van der Waals surface area contributed by atoms with E-state index < -0.39 is 0 Å². The van der Waals surface area contributed by atoms with E-state index in [2.05, 4.69) is 26.2 Å². The first-order valence-electron chi connectivity index (χ1n) is 4.67. The maximum Gasteiger partial charge on any atom is 0.248 e. The Morgan fingerprint density at radius 1 is 1.40 bits per heavy atom. The van der Waals surface area contributed by atoms with E-state index in [1.807, 2.05) is 25.2 Å². The average Bonchev–Trinajstić information content (AvgIpc) is 2.19. The van der Waals surface area contributed by atoms with Crippen molar-refractivity contribution in [3.05, 3.63) is 44.7 Å². The van der Waals surface area contributed by atoms with Crippen molar-refractivity contribution in [3.8, 4) is 0 Å². The number of aromatic nitrogens is 1. The molecule has 0 radical (unpaired) electrons. The molecule has 78 valence electrons. The Morgan fingerprint density at radius 3 is 2.93 bits per heavy atom. The summed E-state index contributed by atoms with van der Waals surface area (Å²) in [5.41, 5.74) is 1.82. The van der Waals surface area contributed by atoms with Gasteiger partial charge in [0.05, 0.1) is 0 Å². The summed E-state index contributed by atoms with van der Waals surface area (Å²) in [5, 5.41) is 4.12. The molecule has 2 aromatic rings. The molecule has 0 atom stereocenters. The number of nitrogens with one attached hydrogen (secondary N) is 2. The SMILES string of the molecule is CNCc1cc(=O)[nH]c2ccc(Br)cc12. The van der Waals surface area contributed by atoms with Crippen LogP contribution in [-0.2, 0) is 6.54 Å². The number of halogens is 1. The average molecular weight is 267 g/mol. The maximum absolute atomic E-state index is 11.4. The van der Waals surface area contributed by atoms with E-state index in [0.717, 1.165) is 20.9 Å². The molecule has 0 unspecified atom stereocenters. The molecule has 0 aliphatic heterocycles. The molecule has 0 amide bonds. The van der Waals surface area contributed by atoms with E-state index in [0.29, 0.717) is 6.54 Å². The second-order valence-electron chi connectivity index (χ2n) is 3.38. The summed E-state index contributed by atoms with van der Waals surface area (Å²) in [6, 6.07) is 7.46. The van der Waals surface area contributed by atoms with Gasteiger partial charge in [-0.3, -0.25) is 4.79 Å². The number of H-pyrrole nitrogens is 1. The highest BCUT2D eigenvalue weighted by Crippen LogP contribution is 2.20. The van der Waals surface area contributed by atoms with Crippen LogP contribution in [0.4, 0.5) is 0 Å². The zero-order valence-corrected chi connectivity index (χ0v) is 9.89. The Balaban J connectivity index is 2.75. The van der Waals surface area contributed by atoms with Gasteiger partial charge in [-0.2, -0.15) is 0 Å². The van der Waals surface area contributed by atoms with Gasteiger partial charge < -0.3 is 10.3 Å². The minimum atomic E-state index is -0.0601. The third-order valence-corrected chi connectivity index (χ3v) is 2.75. The van der Waals surface area contributed by atoms with Crippen LogP contribution >= 0.6 is 15.9 Å². The summed E-state index contributed by atoms with van der Waals surface area (Å²) in [6.07, 6.45) is 0. The standard InChI is InChI=1S/C11H11BrN2O/c1-13-6-7-4-11(15)14-10-3-2-8(12)5-9(7)10/h2-5,13H,6H2,1H3,(H,14,15). The second kappa shape index (κ2) is 4.16. The van der Waals surface area contributed by atoms with Crippen LogP contribution in [0.15, 0.2) is 33.5 Å². The van der Waals surface area contributed by atoms with E-state index in [9.17, 15) is 4.79 Å². The molecule has 2 rings (SSSR count). The Kier molecular flexibility index (Phi) is 2.88. The van der Waals surface area contributed by atoms with Crippen LogP contribution in [-0.4, -0.2) is 12.0 Å². The molecule has 0 saturated heterocycles. The molecule has 0 fully saturated rings. The number of fused-ring (bicyclic) bond motifs is 1. The molecule has 3 nitrogen and oxygen atoms in total. The Labute approximate surface area is 95.6 Å². The third-order valence-electron chi connectivity index (χ3n) is 2.26. The molecule has 1 aromatic carbocycles. The van der Waals surface area contributed by atoms with Gasteiger partial charge in [0.15, 0.2) is 0 Å². The van der Waals surface area contributed by atoms with E-state index in [1.165, 1.54) is 0 Å². The monoisotopic (exact) mass is 266 g/mol. The second-order valence-corrected chi connectivity index (χ2v) is 4.29. The quantitative estimate of drug-likeness (QED) is 0.874. The molecule has 0 saturated carbocycles. The Morgan fingerprint density at radius 2 is 2.20 bits per heavy atom. The zero-order valence-electron chi connectivity index (χ0n) is 8.30. The van der Waals surface area contributed by atoms with E-state index in [4.69, 9.17) is 0 Å². The van der Waals surface area contributed by atoms with Crippen molar-refractivity contribution in [2.24, 2.45) is 0 Å². The summed E-state index contributed by atoms with van der Waals surface area (Å²) in [6.45, 7) is 0.691. The lowest BCUT2D eigenvalue weighted by Gasteiger charge is -2.05. The van der Waals surface area contributed by atoms with Gasteiger partial charge in [-0.15, -0.1) is 0 Å². The molecule has 0 aliphatic carbocycles. The fourth-order valence-corrected chi connectivity index (χ4v) is 1.99. The van der Waals surface area contributed by atoms with E-state index in [-0.39, 0.29) is 5.56 Å². The van der Waals surface area contributed by atoms with Crippen LogP contribution in [0.25, 0.3) is 10.9 Å². The van der Waals surface area contributed by atoms with Crippen molar-refractivity contribution in [2.75, 3.05) is 7.05 Å². The van der Waals surface area contributed by atoms with Crippen molar-refractivity contribution in [2.45, 2.75) is 6.54 Å². The minimum absolute atomic E-state index is 0.0601. The minimum Gasteiger partial charge on any atom is -0.322 e. The van der Waals surface area contributed by atoms with Gasteiger partial charge in [0.1, 0.15) is 0 Å². The highest BCUT2D eigenvalue weighted by Gasteiger charge is 2.02. The van der Waals surface area contributed by atoms with Gasteiger partial charge in [-0.25, -0.2) is 0 Å². The number of aromatic amines is 1. The van der Waals surface area contributed by atoms with Crippen LogP contribution in [0.5, 0.6) is 0 Å². The maximum atomic E-state index is 11.4. The number of pyridine rings is 1. The number of rotatable bonds is 2.